The number of hydrogen-bond donors (Lipinski definition) is 0. The minimum Gasteiger partial charge on any atom is -0.493 e. The highest BCUT2D eigenvalue weighted by Gasteiger charge is 2.34. The van der Waals surface area contributed by atoms with E-state index in [4.69, 9.17) is 30.5 Å². The molecular weight excluding hydrogens is 532 g/mol. The van der Waals surface area contributed by atoms with Crippen LogP contribution in [0.15, 0.2) is 59.3 Å². The van der Waals surface area contributed by atoms with Gasteiger partial charge in [-0.3, -0.25) is 0 Å². The van der Waals surface area contributed by atoms with E-state index in [0.717, 1.165) is 54.2 Å². The number of piperidine rings is 1. The number of benzene rings is 1. The van der Waals surface area contributed by atoms with Crippen molar-refractivity contribution >= 4 is 17.6 Å². The minimum absolute atomic E-state index is 0.0922. The van der Waals surface area contributed by atoms with E-state index in [1.807, 2.05) is 24.3 Å². The molecule has 9 heteroatoms. The number of nitrogens with zero attached hydrogens (tertiary/aromatic N) is 2. The SMILES string of the molecule is CCCN1CCC(OCC(=O)OC)CC1.COc1cccc([C@H]2OCc3cccn3C3CC=C(Cl)C=C32)c1OC. The average molecular weight is 573 g/mol. The molecule has 1 unspecified atom stereocenters. The molecular formula is C31H41ClN2O6. The van der Waals surface area contributed by atoms with Crippen molar-refractivity contribution in [3.8, 4) is 11.5 Å². The Kier molecular flexibility index (Phi) is 11.1. The van der Waals surface area contributed by atoms with E-state index in [-0.39, 0.29) is 30.8 Å². The number of likely N-dealkylation sites (tertiary alicyclic amines) is 1. The van der Waals surface area contributed by atoms with Crippen molar-refractivity contribution in [2.24, 2.45) is 0 Å². The second kappa shape index (κ2) is 14.7. The number of carbonyl (C=O) groups is 1. The molecule has 2 aliphatic heterocycles. The molecule has 0 N–H and O–H groups in total. The summed E-state index contributed by atoms with van der Waals surface area (Å²) in [6.07, 6.45) is 10.3. The number of hydrogen-bond acceptors (Lipinski definition) is 7. The first-order valence-electron chi connectivity index (χ1n) is 13.9. The third-order valence-corrected chi connectivity index (χ3v) is 7.85. The molecule has 1 aliphatic carbocycles. The fourth-order valence-electron chi connectivity index (χ4n) is 5.57. The molecule has 5 rings (SSSR count). The predicted octanol–water partition coefficient (Wildman–Crippen LogP) is 5.82. The summed E-state index contributed by atoms with van der Waals surface area (Å²) in [4.78, 5) is 13.3. The van der Waals surface area contributed by atoms with Crippen molar-refractivity contribution < 1.29 is 28.5 Å². The molecule has 3 aliphatic rings. The molecule has 0 saturated carbocycles. The zero-order valence-electron chi connectivity index (χ0n) is 23.9. The van der Waals surface area contributed by atoms with Crippen molar-refractivity contribution in [1.82, 2.24) is 9.47 Å². The van der Waals surface area contributed by atoms with Crippen LogP contribution in [0.5, 0.6) is 11.5 Å². The zero-order valence-corrected chi connectivity index (χ0v) is 24.7. The monoisotopic (exact) mass is 572 g/mol. The van der Waals surface area contributed by atoms with Gasteiger partial charge in [-0.1, -0.05) is 36.7 Å². The van der Waals surface area contributed by atoms with E-state index < -0.39 is 0 Å². The van der Waals surface area contributed by atoms with Crippen LogP contribution in [0.2, 0.25) is 0 Å². The van der Waals surface area contributed by atoms with E-state index >= 15 is 0 Å². The van der Waals surface area contributed by atoms with Gasteiger partial charge in [0.05, 0.1) is 40.1 Å². The molecule has 40 heavy (non-hydrogen) atoms. The molecule has 1 fully saturated rings. The van der Waals surface area contributed by atoms with Crippen LogP contribution in [-0.4, -0.2) is 69.1 Å². The average Bonchev–Trinajstić information content (AvgIpc) is 3.39. The van der Waals surface area contributed by atoms with Gasteiger partial charge in [0.15, 0.2) is 11.5 Å². The largest absolute Gasteiger partial charge is 0.493 e. The highest BCUT2D eigenvalue weighted by Crippen LogP contribution is 2.47. The van der Waals surface area contributed by atoms with Gasteiger partial charge < -0.3 is 33.2 Å². The van der Waals surface area contributed by atoms with Crippen LogP contribution in [-0.2, 0) is 25.6 Å². The predicted molar refractivity (Wildman–Crippen MR) is 155 cm³/mol. The molecule has 1 aromatic carbocycles. The summed E-state index contributed by atoms with van der Waals surface area (Å²) in [6, 6.07) is 10.2. The summed E-state index contributed by atoms with van der Waals surface area (Å²) in [7, 11) is 4.68. The van der Waals surface area contributed by atoms with Crippen molar-refractivity contribution in [3.63, 3.8) is 0 Å². The summed E-state index contributed by atoms with van der Waals surface area (Å²) >= 11 is 6.34. The molecule has 0 spiro atoms. The summed E-state index contributed by atoms with van der Waals surface area (Å²) in [5, 5.41) is 0.748. The molecule has 0 amide bonds. The van der Waals surface area contributed by atoms with Gasteiger partial charge in [0.25, 0.3) is 0 Å². The van der Waals surface area contributed by atoms with Crippen molar-refractivity contribution in [2.75, 3.05) is 47.6 Å². The van der Waals surface area contributed by atoms with E-state index in [1.54, 1.807) is 14.2 Å². The normalized spacial score (nSPS) is 21.0. The highest BCUT2D eigenvalue weighted by molar-refractivity contribution is 6.31. The number of esters is 1. The number of ether oxygens (including phenoxy) is 5. The number of halogens is 1. The number of allylic oxidation sites excluding steroid dienone is 3. The van der Waals surface area contributed by atoms with Crippen LogP contribution >= 0.6 is 11.6 Å². The van der Waals surface area contributed by atoms with Crippen LogP contribution in [0.25, 0.3) is 0 Å². The number of fused-ring (bicyclic) bond motifs is 3. The molecule has 2 aromatic rings. The highest BCUT2D eigenvalue weighted by atomic mass is 35.5. The van der Waals surface area contributed by atoms with Crippen molar-refractivity contribution in [1.29, 1.82) is 0 Å². The van der Waals surface area contributed by atoms with E-state index in [1.165, 1.54) is 20.1 Å². The van der Waals surface area contributed by atoms with Crippen LogP contribution in [0.1, 0.15) is 56.0 Å². The lowest BCUT2D eigenvalue weighted by Crippen LogP contribution is -2.38. The maximum absolute atomic E-state index is 10.9. The molecule has 8 nitrogen and oxygen atoms in total. The number of methoxy groups -OCH3 is 3. The Morgan fingerprint density at radius 3 is 2.60 bits per heavy atom. The van der Waals surface area contributed by atoms with Gasteiger partial charge in [0.2, 0.25) is 0 Å². The molecule has 0 bridgehead atoms. The Bertz CT molecular complexity index is 1180. The molecule has 1 aromatic heterocycles. The Labute approximate surface area is 242 Å². The fraction of sp³-hybridized carbons (Fsp3) is 0.516. The lowest BCUT2D eigenvalue weighted by Gasteiger charge is -2.31. The third-order valence-electron chi connectivity index (χ3n) is 7.58. The lowest BCUT2D eigenvalue weighted by atomic mass is 9.89. The van der Waals surface area contributed by atoms with Crippen LogP contribution in [0.4, 0.5) is 0 Å². The minimum atomic E-state index is -0.286. The maximum atomic E-state index is 10.9. The summed E-state index contributed by atoms with van der Waals surface area (Å²) in [5.74, 6) is 1.11. The Hall–Kier alpha value is -2.78. The Morgan fingerprint density at radius 1 is 1.10 bits per heavy atom. The van der Waals surface area contributed by atoms with Gasteiger partial charge in [-0.2, -0.15) is 0 Å². The fourth-order valence-corrected chi connectivity index (χ4v) is 5.78. The van der Waals surface area contributed by atoms with Crippen LogP contribution in [0.3, 0.4) is 0 Å². The Balaban J connectivity index is 0.000000212. The number of aromatic nitrogens is 1. The Morgan fingerprint density at radius 2 is 1.90 bits per heavy atom. The number of para-hydroxylation sites is 1. The lowest BCUT2D eigenvalue weighted by molar-refractivity contribution is -0.148. The molecule has 2 atom stereocenters. The smallest absolute Gasteiger partial charge is 0.331 e. The molecule has 3 heterocycles. The van der Waals surface area contributed by atoms with Gasteiger partial charge in [0, 0.05) is 35.6 Å². The molecule has 0 radical (unpaired) electrons. The van der Waals surface area contributed by atoms with Gasteiger partial charge in [-0.05, 0) is 62.1 Å². The van der Waals surface area contributed by atoms with Crippen LogP contribution in [0, 0.1) is 0 Å². The summed E-state index contributed by atoms with van der Waals surface area (Å²) in [5.41, 5.74) is 3.25. The topological polar surface area (TPSA) is 71.4 Å². The quantitative estimate of drug-likeness (QED) is 0.369. The first-order chi connectivity index (χ1) is 19.5. The van der Waals surface area contributed by atoms with Crippen molar-refractivity contribution in [3.05, 3.63) is 70.5 Å². The van der Waals surface area contributed by atoms with E-state index in [9.17, 15) is 4.79 Å². The van der Waals surface area contributed by atoms with E-state index in [2.05, 4.69) is 45.5 Å². The van der Waals surface area contributed by atoms with E-state index in [0.29, 0.717) is 18.1 Å². The molecule has 1 saturated heterocycles. The van der Waals surface area contributed by atoms with Gasteiger partial charge >= 0.3 is 5.97 Å². The van der Waals surface area contributed by atoms with Gasteiger partial charge in [-0.25, -0.2) is 4.79 Å². The van der Waals surface area contributed by atoms with Crippen LogP contribution < -0.4 is 9.47 Å². The third kappa shape index (κ3) is 7.29. The summed E-state index contributed by atoms with van der Waals surface area (Å²) in [6.45, 7) is 6.15. The number of rotatable bonds is 8. The van der Waals surface area contributed by atoms with Gasteiger partial charge in [0.1, 0.15) is 12.7 Å². The second-order valence-corrected chi connectivity index (χ2v) is 10.5. The first kappa shape index (κ1) is 30.2. The van der Waals surface area contributed by atoms with Crippen molar-refractivity contribution in [2.45, 2.75) is 57.5 Å². The maximum Gasteiger partial charge on any atom is 0.331 e. The number of carbonyl (C=O) groups excluding carboxylic acids is 1. The zero-order chi connectivity index (χ0) is 28.5. The molecule has 218 valence electrons. The standard InChI is InChI=1S/C20H20ClNO3.C11H21NO3/c1-23-18-7-3-6-15(20(18)24-2)19-16-11-13(21)8-9-17(16)22-10-4-5-14(22)12-25-19;1-3-6-12-7-4-10(5-8-12)15-9-11(13)14-2/h3-8,10-11,17,19H,9,12H2,1-2H3;10H,3-9H2,1-2H3/t17?,19-;/m1./s1. The summed E-state index contributed by atoms with van der Waals surface area (Å²) < 4.78 is 29.7. The first-order valence-corrected chi connectivity index (χ1v) is 14.3. The van der Waals surface area contributed by atoms with Gasteiger partial charge in [-0.15, -0.1) is 0 Å². The second-order valence-electron chi connectivity index (χ2n) is 10.1.